The lowest BCUT2D eigenvalue weighted by Gasteiger charge is -2.39. The van der Waals surface area contributed by atoms with Crippen LogP contribution in [0.4, 0.5) is 0 Å². The molecular weight excluding hydrogens is 330 g/mol. The number of aliphatic carboxylic acids is 1. The number of benzene rings is 1. The molecule has 1 aromatic carbocycles. The molecule has 0 unspecified atom stereocenters. The SMILES string of the molecule is O=C(NCC1(c2ccccc2Cl)CCOCC1)[C@H]1C=C[C@H]1C(=O)O. The molecule has 0 saturated carbocycles. The third-order valence-corrected chi connectivity index (χ3v) is 5.33. The van der Waals surface area contributed by atoms with Gasteiger partial charge in [0.25, 0.3) is 0 Å². The zero-order valence-electron chi connectivity index (χ0n) is 13.2. The maximum absolute atomic E-state index is 12.4. The Morgan fingerprint density at radius 3 is 2.46 bits per heavy atom. The lowest BCUT2D eigenvalue weighted by Crippen LogP contribution is -2.48. The number of hydrogen-bond donors (Lipinski definition) is 2. The molecule has 2 atom stereocenters. The van der Waals surface area contributed by atoms with Crippen LogP contribution in [0.5, 0.6) is 0 Å². The highest BCUT2D eigenvalue weighted by Crippen LogP contribution is 2.38. The molecule has 0 radical (unpaired) electrons. The van der Waals surface area contributed by atoms with E-state index in [1.807, 2.05) is 24.3 Å². The second-order valence-electron chi connectivity index (χ2n) is 6.37. The van der Waals surface area contributed by atoms with Crippen LogP contribution in [0, 0.1) is 11.8 Å². The molecule has 1 aliphatic heterocycles. The summed E-state index contributed by atoms with van der Waals surface area (Å²) < 4.78 is 5.48. The van der Waals surface area contributed by atoms with Gasteiger partial charge in [-0.15, -0.1) is 0 Å². The van der Waals surface area contributed by atoms with Crippen molar-refractivity contribution in [3.8, 4) is 0 Å². The van der Waals surface area contributed by atoms with Crippen LogP contribution in [0.3, 0.4) is 0 Å². The van der Waals surface area contributed by atoms with Crippen molar-refractivity contribution >= 4 is 23.5 Å². The Balaban J connectivity index is 1.74. The van der Waals surface area contributed by atoms with Crippen LogP contribution < -0.4 is 5.32 Å². The minimum atomic E-state index is -0.968. The van der Waals surface area contributed by atoms with Gasteiger partial charge in [0.2, 0.25) is 5.91 Å². The first-order valence-electron chi connectivity index (χ1n) is 8.05. The lowest BCUT2D eigenvalue weighted by atomic mass is 9.73. The summed E-state index contributed by atoms with van der Waals surface area (Å²) in [5.41, 5.74) is 0.729. The Labute approximate surface area is 145 Å². The van der Waals surface area contributed by atoms with Gasteiger partial charge in [-0.25, -0.2) is 0 Å². The summed E-state index contributed by atoms with van der Waals surface area (Å²) in [5.74, 6) is -2.53. The molecule has 1 heterocycles. The van der Waals surface area contributed by atoms with Crippen molar-refractivity contribution in [3.05, 3.63) is 47.0 Å². The van der Waals surface area contributed by atoms with E-state index in [0.29, 0.717) is 24.8 Å². The topological polar surface area (TPSA) is 75.6 Å². The summed E-state index contributed by atoms with van der Waals surface area (Å²) in [7, 11) is 0. The molecule has 1 saturated heterocycles. The van der Waals surface area contributed by atoms with Gasteiger partial charge in [0.15, 0.2) is 0 Å². The second-order valence-corrected chi connectivity index (χ2v) is 6.77. The van der Waals surface area contributed by atoms with Crippen molar-refractivity contribution in [2.24, 2.45) is 11.8 Å². The Morgan fingerprint density at radius 1 is 1.21 bits per heavy atom. The minimum Gasteiger partial charge on any atom is -0.481 e. The van der Waals surface area contributed by atoms with Gasteiger partial charge in [-0.1, -0.05) is 42.0 Å². The third-order valence-electron chi connectivity index (χ3n) is 5.00. The largest absolute Gasteiger partial charge is 0.481 e. The van der Waals surface area contributed by atoms with Gasteiger partial charge in [-0.2, -0.15) is 0 Å². The minimum absolute atomic E-state index is 0.247. The number of carbonyl (C=O) groups is 2. The van der Waals surface area contributed by atoms with Crippen molar-refractivity contribution in [1.82, 2.24) is 5.32 Å². The predicted octanol–water partition coefficient (Wildman–Crippen LogP) is 2.39. The molecule has 128 valence electrons. The van der Waals surface area contributed by atoms with Crippen molar-refractivity contribution < 1.29 is 19.4 Å². The first kappa shape index (κ1) is 17.0. The van der Waals surface area contributed by atoms with E-state index < -0.39 is 17.8 Å². The zero-order chi connectivity index (χ0) is 17.2. The molecule has 1 aliphatic carbocycles. The van der Waals surface area contributed by atoms with E-state index in [2.05, 4.69) is 5.32 Å². The predicted molar refractivity (Wildman–Crippen MR) is 89.9 cm³/mol. The van der Waals surface area contributed by atoms with Crippen LogP contribution in [-0.4, -0.2) is 36.7 Å². The van der Waals surface area contributed by atoms with E-state index in [4.69, 9.17) is 21.4 Å². The van der Waals surface area contributed by atoms with Crippen molar-refractivity contribution in [1.29, 1.82) is 0 Å². The van der Waals surface area contributed by atoms with E-state index in [-0.39, 0.29) is 11.3 Å². The summed E-state index contributed by atoms with van der Waals surface area (Å²) in [6.45, 7) is 1.65. The Kier molecular flexibility index (Phi) is 4.92. The molecule has 2 N–H and O–H groups in total. The second kappa shape index (κ2) is 6.95. The number of carboxylic acids is 1. The molecule has 6 heteroatoms. The average Bonchev–Trinajstić information content (AvgIpc) is 2.52. The fourth-order valence-corrected chi connectivity index (χ4v) is 3.72. The summed E-state index contributed by atoms with van der Waals surface area (Å²) >= 11 is 6.39. The van der Waals surface area contributed by atoms with Crippen LogP contribution in [-0.2, 0) is 19.7 Å². The first-order valence-corrected chi connectivity index (χ1v) is 8.43. The van der Waals surface area contributed by atoms with Crippen LogP contribution >= 0.6 is 11.6 Å². The van der Waals surface area contributed by atoms with Gasteiger partial charge in [-0.05, 0) is 24.5 Å². The molecule has 24 heavy (non-hydrogen) atoms. The molecule has 1 fully saturated rings. The van der Waals surface area contributed by atoms with Gasteiger partial charge in [0.05, 0.1) is 11.8 Å². The number of hydrogen-bond acceptors (Lipinski definition) is 3. The number of nitrogens with one attached hydrogen (secondary N) is 1. The standard InChI is InChI=1S/C18H20ClNO4/c19-15-4-2-1-3-14(15)18(7-9-24-10-8-18)11-20-16(21)12-5-6-13(12)17(22)23/h1-6,12-13H,7-11H2,(H,20,21)(H,22,23)/t12-,13+/m0/s1. The van der Waals surface area contributed by atoms with Crippen molar-refractivity contribution in [3.63, 3.8) is 0 Å². The Bertz CT molecular complexity index is 667. The van der Waals surface area contributed by atoms with Gasteiger partial charge in [0, 0.05) is 30.2 Å². The number of halogens is 1. The number of rotatable bonds is 5. The highest BCUT2D eigenvalue weighted by atomic mass is 35.5. The highest BCUT2D eigenvalue weighted by Gasteiger charge is 2.39. The Morgan fingerprint density at radius 2 is 1.88 bits per heavy atom. The van der Waals surface area contributed by atoms with Crippen LogP contribution in [0.15, 0.2) is 36.4 Å². The maximum Gasteiger partial charge on any atom is 0.311 e. The maximum atomic E-state index is 12.4. The molecule has 3 rings (SSSR count). The number of carbonyl (C=O) groups excluding carboxylic acids is 1. The van der Waals surface area contributed by atoms with Crippen molar-refractivity contribution in [2.45, 2.75) is 18.3 Å². The van der Waals surface area contributed by atoms with Crippen LogP contribution in [0.25, 0.3) is 0 Å². The number of carboxylic acid groups (broad SMARTS) is 1. The quantitative estimate of drug-likeness (QED) is 0.800. The summed E-state index contributed by atoms with van der Waals surface area (Å²) in [5, 5.41) is 12.7. The van der Waals surface area contributed by atoms with Crippen LogP contribution in [0.2, 0.25) is 5.02 Å². The van der Waals surface area contributed by atoms with Crippen molar-refractivity contribution in [2.75, 3.05) is 19.8 Å². The Hall–Kier alpha value is -1.85. The molecule has 0 spiro atoms. The van der Waals surface area contributed by atoms with E-state index in [1.165, 1.54) is 0 Å². The fourth-order valence-electron chi connectivity index (χ4n) is 3.39. The first-order chi connectivity index (χ1) is 11.5. The number of amides is 1. The highest BCUT2D eigenvalue weighted by molar-refractivity contribution is 6.31. The van der Waals surface area contributed by atoms with E-state index in [9.17, 15) is 9.59 Å². The lowest BCUT2D eigenvalue weighted by molar-refractivity contribution is -0.145. The average molecular weight is 350 g/mol. The fraction of sp³-hybridized carbons (Fsp3) is 0.444. The summed E-state index contributed by atoms with van der Waals surface area (Å²) in [6.07, 6.45) is 4.71. The molecule has 0 bridgehead atoms. The molecule has 1 aromatic rings. The van der Waals surface area contributed by atoms with E-state index in [1.54, 1.807) is 12.2 Å². The number of ether oxygens (including phenoxy) is 1. The monoisotopic (exact) mass is 349 g/mol. The van der Waals surface area contributed by atoms with E-state index in [0.717, 1.165) is 18.4 Å². The van der Waals surface area contributed by atoms with Gasteiger partial charge in [-0.3, -0.25) is 9.59 Å². The normalized spacial score (nSPS) is 24.9. The van der Waals surface area contributed by atoms with Crippen LogP contribution in [0.1, 0.15) is 18.4 Å². The van der Waals surface area contributed by atoms with Gasteiger partial charge >= 0.3 is 5.97 Å². The molecule has 1 amide bonds. The molecule has 2 aliphatic rings. The van der Waals surface area contributed by atoms with E-state index >= 15 is 0 Å². The smallest absolute Gasteiger partial charge is 0.311 e. The summed E-state index contributed by atoms with van der Waals surface area (Å²) in [6, 6.07) is 7.66. The van der Waals surface area contributed by atoms with Gasteiger partial charge in [0.1, 0.15) is 0 Å². The zero-order valence-corrected chi connectivity index (χ0v) is 14.0. The molecule has 5 nitrogen and oxygen atoms in total. The molecule has 0 aromatic heterocycles. The summed E-state index contributed by atoms with van der Waals surface area (Å²) in [4.78, 5) is 23.4. The van der Waals surface area contributed by atoms with Gasteiger partial charge < -0.3 is 15.2 Å². The third kappa shape index (κ3) is 3.19. The molecular formula is C18H20ClNO4.